The molecule has 0 saturated carbocycles. The van der Waals surface area contributed by atoms with Crippen LogP contribution in [0.5, 0.6) is 0 Å². The van der Waals surface area contributed by atoms with Crippen molar-refractivity contribution in [3.05, 3.63) is 94.2 Å². The Labute approximate surface area is 181 Å². The number of fused-ring (bicyclic) bond motifs is 1. The first-order valence-corrected chi connectivity index (χ1v) is 10.7. The molecule has 154 valence electrons. The van der Waals surface area contributed by atoms with Gasteiger partial charge >= 0.3 is 5.69 Å². The second kappa shape index (κ2) is 7.73. The lowest BCUT2D eigenvalue weighted by Gasteiger charge is -2.12. The Morgan fingerprint density at radius 2 is 1.90 bits per heavy atom. The van der Waals surface area contributed by atoms with Gasteiger partial charge in [-0.3, -0.25) is 13.8 Å². The predicted octanol–water partition coefficient (Wildman–Crippen LogP) is 4.03. The molecule has 0 saturated heterocycles. The van der Waals surface area contributed by atoms with Gasteiger partial charge in [0.05, 0.1) is 23.5 Å². The lowest BCUT2D eigenvalue weighted by atomic mass is 10.2. The topological polar surface area (TPSA) is 84.2 Å². The zero-order valence-electron chi connectivity index (χ0n) is 16.7. The largest absolute Gasteiger partial charge is 0.330 e. The summed E-state index contributed by atoms with van der Waals surface area (Å²) in [6, 6.07) is 17.2. The van der Waals surface area contributed by atoms with Crippen molar-refractivity contribution in [3.63, 3.8) is 0 Å². The second-order valence-corrected chi connectivity index (χ2v) is 8.02. The van der Waals surface area contributed by atoms with Crippen LogP contribution in [0.25, 0.3) is 21.9 Å². The van der Waals surface area contributed by atoms with Crippen molar-refractivity contribution >= 4 is 27.9 Å². The fraction of sp³-hybridized carbons (Fsp3) is 0.0870. The third-order valence-electron chi connectivity index (χ3n) is 5.07. The van der Waals surface area contributed by atoms with Crippen LogP contribution in [0.3, 0.4) is 0 Å². The van der Waals surface area contributed by atoms with Crippen LogP contribution >= 0.6 is 11.3 Å². The number of aromatic amines is 1. The average Bonchev–Trinajstić information content (AvgIpc) is 3.45. The Hall–Kier alpha value is -3.91. The fourth-order valence-electron chi connectivity index (χ4n) is 3.59. The van der Waals surface area contributed by atoms with Crippen molar-refractivity contribution in [1.82, 2.24) is 18.9 Å². The molecule has 0 aliphatic heterocycles. The van der Waals surface area contributed by atoms with E-state index in [2.05, 4.69) is 15.3 Å². The number of imidazole rings is 2. The van der Waals surface area contributed by atoms with Crippen LogP contribution in [-0.4, -0.2) is 24.8 Å². The van der Waals surface area contributed by atoms with Crippen LogP contribution < -0.4 is 11.0 Å². The molecule has 0 unspecified atom stereocenters. The zero-order valence-corrected chi connectivity index (χ0v) is 17.5. The Morgan fingerprint density at radius 1 is 1.13 bits per heavy atom. The first-order valence-electron chi connectivity index (χ1n) is 9.77. The Balaban J connectivity index is 1.40. The monoisotopic (exact) mass is 429 g/mol. The first kappa shape index (κ1) is 19.1. The Kier molecular flexibility index (Phi) is 4.76. The summed E-state index contributed by atoms with van der Waals surface area (Å²) in [7, 11) is 0. The standard InChI is InChI=1S/C23H19N5O2S/c1-15-12-24-22(30)28(15)20-10-6-5-9-18(20)25-21(29)11-17-14-31-23-26-19(13-27(17)23)16-7-3-2-4-8-16/h2-10,12-14H,11H2,1H3,(H,24,30)(H,25,29). The third kappa shape index (κ3) is 3.57. The summed E-state index contributed by atoms with van der Waals surface area (Å²) in [6.45, 7) is 1.84. The van der Waals surface area contributed by atoms with Crippen LogP contribution in [0.2, 0.25) is 0 Å². The number of hydrogen-bond donors (Lipinski definition) is 2. The van der Waals surface area contributed by atoms with E-state index in [-0.39, 0.29) is 18.0 Å². The second-order valence-electron chi connectivity index (χ2n) is 7.18. The highest BCUT2D eigenvalue weighted by molar-refractivity contribution is 7.15. The first-order chi connectivity index (χ1) is 15.1. The summed E-state index contributed by atoms with van der Waals surface area (Å²) in [5.41, 5.74) is 4.50. The third-order valence-corrected chi connectivity index (χ3v) is 5.96. The van der Waals surface area contributed by atoms with Crippen molar-refractivity contribution in [2.24, 2.45) is 0 Å². The molecule has 0 radical (unpaired) electrons. The number of nitrogens with one attached hydrogen (secondary N) is 2. The van der Waals surface area contributed by atoms with E-state index < -0.39 is 0 Å². The Morgan fingerprint density at radius 3 is 2.68 bits per heavy atom. The fourth-order valence-corrected chi connectivity index (χ4v) is 4.47. The highest BCUT2D eigenvalue weighted by atomic mass is 32.1. The van der Waals surface area contributed by atoms with Gasteiger partial charge in [-0.05, 0) is 19.1 Å². The molecule has 8 heteroatoms. The maximum atomic E-state index is 12.9. The number of aryl methyl sites for hydroxylation is 1. The molecule has 5 rings (SSSR count). The maximum absolute atomic E-state index is 12.9. The van der Waals surface area contributed by atoms with E-state index in [0.717, 1.165) is 27.6 Å². The number of nitrogens with zero attached hydrogens (tertiary/aromatic N) is 3. The summed E-state index contributed by atoms with van der Waals surface area (Å²) in [4.78, 5) is 33.2. The maximum Gasteiger partial charge on any atom is 0.330 e. The van der Waals surface area contributed by atoms with Crippen molar-refractivity contribution in [3.8, 4) is 16.9 Å². The van der Waals surface area contributed by atoms with Crippen molar-refractivity contribution in [1.29, 1.82) is 0 Å². The molecule has 0 aliphatic rings. The van der Waals surface area contributed by atoms with Crippen LogP contribution in [0.4, 0.5) is 5.69 Å². The lowest BCUT2D eigenvalue weighted by Crippen LogP contribution is -2.20. The van der Waals surface area contributed by atoms with Gasteiger partial charge in [-0.15, -0.1) is 11.3 Å². The highest BCUT2D eigenvalue weighted by Gasteiger charge is 2.15. The molecule has 3 heterocycles. The van der Waals surface area contributed by atoms with Crippen molar-refractivity contribution in [2.75, 3.05) is 5.32 Å². The molecule has 0 fully saturated rings. The number of hydrogen-bond acceptors (Lipinski definition) is 4. The van der Waals surface area contributed by atoms with Gasteiger partial charge in [-0.2, -0.15) is 0 Å². The van der Waals surface area contributed by atoms with Crippen LogP contribution in [0.1, 0.15) is 11.4 Å². The molecule has 0 spiro atoms. The molecule has 0 atom stereocenters. The highest BCUT2D eigenvalue weighted by Crippen LogP contribution is 2.25. The van der Waals surface area contributed by atoms with Crippen LogP contribution in [0, 0.1) is 6.92 Å². The van der Waals surface area contributed by atoms with Gasteiger partial charge in [0, 0.05) is 34.7 Å². The number of carbonyl (C=O) groups excluding carboxylic acids is 1. The van der Waals surface area contributed by atoms with Gasteiger partial charge in [-0.25, -0.2) is 9.78 Å². The summed E-state index contributed by atoms with van der Waals surface area (Å²) in [5, 5.41) is 4.90. The minimum absolute atomic E-state index is 0.164. The predicted molar refractivity (Wildman–Crippen MR) is 122 cm³/mol. The minimum Gasteiger partial charge on any atom is -0.324 e. The quantitative estimate of drug-likeness (QED) is 0.442. The van der Waals surface area contributed by atoms with Crippen LogP contribution in [0.15, 0.2) is 77.2 Å². The molecule has 2 aromatic carbocycles. The van der Waals surface area contributed by atoms with Gasteiger partial charge < -0.3 is 10.3 Å². The van der Waals surface area contributed by atoms with Crippen molar-refractivity contribution in [2.45, 2.75) is 13.3 Å². The van der Waals surface area contributed by atoms with E-state index >= 15 is 0 Å². The molecule has 5 aromatic rings. The van der Waals surface area contributed by atoms with E-state index in [4.69, 9.17) is 0 Å². The number of amides is 1. The van der Waals surface area contributed by atoms with Gasteiger partial charge in [0.15, 0.2) is 4.96 Å². The van der Waals surface area contributed by atoms with E-state index in [1.807, 2.05) is 71.4 Å². The molecular weight excluding hydrogens is 410 g/mol. The number of carbonyl (C=O) groups is 1. The normalized spacial score (nSPS) is 11.1. The number of anilines is 1. The van der Waals surface area contributed by atoms with E-state index in [0.29, 0.717) is 11.4 Å². The molecule has 1 amide bonds. The average molecular weight is 430 g/mol. The number of benzene rings is 2. The van der Waals surface area contributed by atoms with Crippen LogP contribution in [-0.2, 0) is 11.2 Å². The van der Waals surface area contributed by atoms with Gasteiger partial charge in [-0.1, -0.05) is 42.5 Å². The molecule has 0 bridgehead atoms. The van der Waals surface area contributed by atoms with Crippen molar-refractivity contribution < 1.29 is 4.79 Å². The van der Waals surface area contributed by atoms with E-state index in [1.165, 1.54) is 11.3 Å². The zero-order chi connectivity index (χ0) is 21.4. The SMILES string of the molecule is Cc1c[nH]c(=O)n1-c1ccccc1NC(=O)Cc1csc2nc(-c3ccccc3)cn12. The molecule has 31 heavy (non-hydrogen) atoms. The number of rotatable bonds is 5. The summed E-state index contributed by atoms with van der Waals surface area (Å²) in [5.74, 6) is -0.164. The minimum atomic E-state index is -0.245. The number of thiazole rings is 1. The van der Waals surface area contributed by atoms with E-state index in [9.17, 15) is 9.59 Å². The summed E-state index contributed by atoms with van der Waals surface area (Å²) >= 11 is 1.51. The van der Waals surface area contributed by atoms with Gasteiger partial charge in [0.25, 0.3) is 0 Å². The molecular formula is C23H19N5O2S. The molecule has 0 aliphatic carbocycles. The lowest BCUT2D eigenvalue weighted by molar-refractivity contribution is -0.115. The van der Waals surface area contributed by atoms with E-state index in [1.54, 1.807) is 16.8 Å². The number of para-hydroxylation sites is 2. The summed E-state index contributed by atoms with van der Waals surface area (Å²) < 4.78 is 3.50. The molecule has 3 aromatic heterocycles. The number of H-pyrrole nitrogens is 1. The molecule has 2 N–H and O–H groups in total. The van der Waals surface area contributed by atoms with Gasteiger partial charge in [0.1, 0.15) is 0 Å². The smallest absolute Gasteiger partial charge is 0.324 e. The summed E-state index contributed by atoms with van der Waals surface area (Å²) in [6.07, 6.45) is 3.80. The molecule has 7 nitrogen and oxygen atoms in total. The Bertz CT molecular complexity index is 1440. The number of aromatic nitrogens is 4. The van der Waals surface area contributed by atoms with Gasteiger partial charge in [0.2, 0.25) is 5.91 Å².